The maximum absolute atomic E-state index is 4.90. The second-order valence-electron chi connectivity index (χ2n) is 2.64. The summed E-state index contributed by atoms with van der Waals surface area (Å²) < 4.78 is 4.90. The lowest BCUT2D eigenvalue weighted by Crippen LogP contribution is -2.19. The van der Waals surface area contributed by atoms with Crippen LogP contribution in [0.3, 0.4) is 0 Å². The lowest BCUT2D eigenvalue weighted by molar-refractivity contribution is 0.199. The van der Waals surface area contributed by atoms with E-state index in [1.165, 1.54) is 0 Å². The molecule has 0 unspecified atom stereocenters. The number of nitrogens with one attached hydrogen (secondary N) is 2. The third-order valence-electron chi connectivity index (χ3n) is 1.71. The van der Waals surface area contributed by atoms with Gasteiger partial charge in [-0.3, -0.25) is 0 Å². The van der Waals surface area contributed by atoms with E-state index < -0.39 is 0 Å². The minimum atomic E-state index is 0.740. The van der Waals surface area contributed by atoms with Crippen LogP contribution in [-0.2, 0) is 11.3 Å². The molecule has 0 aliphatic heterocycles. The molecule has 1 aromatic heterocycles. The summed E-state index contributed by atoms with van der Waals surface area (Å²) in [6.07, 6.45) is 1.71. The van der Waals surface area contributed by atoms with E-state index in [0.717, 1.165) is 31.1 Å². The highest BCUT2D eigenvalue weighted by molar-refractivity contribution is 5.07. The van der Waals surface area contributed by atoms with Gasteiger partial charge in [0.25, 0.3) is 0 Å². The zero-order valence-corrected chi connectivity index (χ0v) is 7.55. The predicted octanol–water partition coefficient (Wildman–Crippen LogP) is 0.454. The van der Waals surface area contributed by atoms with E-state index in [9.17, 15) is 0 Å². The van der Waals surface area contributed by atoms with Crippen molar-refractivity contribution in [3.05, 3.63) is 17.7 Å². The van der Waals surface area contributed by atoms with E-state index >= 15 is 0 Å². The molecule has 0 atom stereocenters. The number of aromatic amines is 1. The van der Waals surface area contributed by atoms with E-state index in [1.54, 1.807) is 13.4 Å². The summed E-state index contributed by atoms with van der Waals surface area (Å²) >= 11 is 0. The van der Waals surface area contributed by atoms with E-state index in [-0.39, 0.29) is 0 Å². The first-order valence-corrected chi connectivity index (χ1v) is 4.03. The molecule has 0 aromatic carbocycles. The Bertz CT molecular complexity index is 222. The Balaban J connectivity index is 2.20. The minimum Gasteiger partial charge on any atom is -0.383 e. The van der Waals surface area contributed by atoms with Gasteiger partial charge in [-0.05, 0) is 6.92 Å². The fourth-order valence-electron chi connectivity index (χ4n) is 0.946. The number of hydrogen-bond donors (Lipinski definition) is 2. The standard InChI is InChI=1S/C8H15N3O/c1-7-8(11-6-10-7)5-9-3-4-12-2/h6,9H,3-5H2,1-2H3,(H,10,11). The van der Waals surface area contributed by atoms with Gasteiger partial charge in [-0.15, -0.1) is 0 Å². The van der Waals surface area contributed by atoms with Crippen LogP contribution in [0.2, 0.25) is 0 Å². The van der Waals surface area contributed by atoms with Crippen LogP contribution in [0.1, 0.15) is 11.4 Å². The molecule has 2 N–H and O–H groups in total. The van der Waals surface area contributed by atoms with Gasteiger partial charge in [0, 0.05) is 25.9 Å². The maximum Gasteiger partial charge on any atom is 0.0925 e. The molecule has 1 heterocycles. The van der Waals surface area contributed by atoms with E-state index in [2.05, 4.69) is 15.3 Å². The van der Waals surface area contributed by atoms with Gasteiger partial charge in [0.05, 0.1) is 18.6 Å². The van der Waals surface area contributed by atoms with Crippen LogP contribution in [-0.4, -0.2) is 30.2 Å². The number of imidazole rings is 1. The van der Waals surface area contributed by atoms with Gasteiger partial charge in [-0.1, -0.05) is 0 Å². The topological polar surface area (TPSA) is 49.9 Å². The fourth-order valence-corrected chi connectivity index (χ4v) is 0.946. The lowest BCUT2D eigenvalue weighted by Gasteiger charge is -2.01. The molecule has 0 amide bonds. The van der Waals surface area contributed by atoms with E-state index in [1.807, 2.05) is 6.92 Å². The van der Waals surface area contributed by atoms with Crippen molar-refractivity contribution < 1.29 is 4.74 Å². The zero-order valence-electron chi connectivity index (χ0n) is 7.55. The van der Waals surface area contributed by atoms with Crippen molar-refractivity contribution in [1.29, 1.82) is 0 Å². The molecule has 0 bridgehead atoms. The molecule has 0 saturated carbocycles. The number of methoxy groups -OCH3 is 1. The summed E-state index contributed by atoms with van der Waals surface area (Å²) in [6, 6.07) is 0. The zero-order chi connectivity index (χ0) is 8.81. The first-order chi connectivity index (χ1) is 5.84. The van der Waals surface area contributed by atoms with Gasteiger partial charge < -0.3 is 15.0 Å². The second-order valence-corrected chi connectivity index (χ2v) is 2.64. The number of aryl methyl sites for hydroxylation is 1. The van der Waals surface area contributed by atoms with E-state index in [4.69, 9.17) is 4.74 Å². The first kappa shape index (κ1) is 9.22. The number of ether oxygens (including phenoxy) is 1. The number of H-pyrrole nitrogens is 1. The molecule has 4 heteroatoms. The Morgan fingerprint density at radius 2 is 2.50 bits per heavy atom. The summed E-state index contributed by atoms with van der Waals surface area (Å²) in [4.78, 5) is 7.18. The van der Waals surface area contributed by atoms with Crippen LogP contribution >= 0.6 is 0 Å². The van der Waals surface area contributed by atoms with Crippen LogP contribution in [0, 0.1) is 6.92 Å². The fraction of sp³-hybridized carbons (Fsp3) is 0.625. The molecule has 0 aliphatic rings. The third kappa shape index (κ3) is 2.64. The Labute approximate surface area is 72.3 Å². The molecular formula is C8H15N3O. The predicted molar refractivity (Wildman–Crippen MR) is 46.9 cm³/mol. The van der Waals surface area contributed by atoms with Crippen molar-refractivity contribution >= 4 is 0 Å². The summed E-state index contributed by atoms with van der Waals surface area (Å²) in [7, 11) is 1.70. The average Bonchev–Trinajstić information content (AvgIpc) is 2.46. The van der Waals surface area contributed by atoms with Gasteiger partial charge in [0.1, 0.15) is 0 Å². The van der Waals surface area contributed by atoms with Crippen molar-refractivity contribution in [1.82, 2.24) is 15.3 Å². The van der Waals surface area contributed by atoms with Crippen molar-refractivity contribution in [2.24, 2.45) is 0 Å². The largest absolute Gasteiger partial charge is 0.383 e. The highest BCUT2D eigenvalue weighted by Crippen LogP contribution is 1.98. The van der Waals surface area contributed by atoms with Crippen molar-refractivity contribution in [2.75, 3.05) is 20.3 Å². The number of aromatic nitrogens is 2. The van der Waals surface area contributed by atoms with Crippen LogP contribution in [0.4, 0.5) is 0 Å². The summed E-state index contributed by atoms with van der Waals surface area (Å²) in [6.45, 7) is 4.42. The third-order valence-corrected chi connectivity index (χ3v) is 1.71. The van der Waals surface area contributed by atoms with Gasteiger partial charge >= 0.3 is 0 Å². The molecule has 12 heavy (non-hydrogen) atoms. The van der Waals surface area contributed by atoms with Crippen molar-refractivity contribution in [2.45, 2.75) is 13.5 Å². The Morgan fingerprint density at radius 3 is 3.08 bits per heavy atom. The summed E-state index contributed by atoms with van der Waals surface area (Å²) in [5.41, 5.74) is 2.20. The smallest absolute Gasteiger partial charge is 0.0925 e. The van der Waals surface area contributed by atoms with E-state index in [0.29, 0.717) is 0 Å². The van der Waals surface area contributed by atoms with Crippen LogP contribution in [0.5, 0.6) is 0 Å². The molecule has 1 aromatic rings. The molecule has 1 rings (SSSR count). The summed E-state index contributed by atoms with van der Waals surface area (Å²) in [5, 5.41) is 3.22. The number of rotatable bonds is 5. The monoisotopic (exact) mass is 169 g/mol. The van der Waals surface area contributed by atoms with Gasteiger partial charge in [-0.2, -0.15) is 0 Å². The van der Waals surface area contributed by atoms with Crippen molar-refractivity contribution in [3.8, 4) is 0 Å². The summed E-state index contributed by atoms with van der Waals surface area (Å²) in [5.74, 6) is 0. The quantitative estimate of drug-likeness (QED) is 0.629. The highest BCUT2D eigenvalue weighted by Gasteiger charge is 1.98. The van der Waals surface area contributed by atoms with Gasteiger partial charge in [-0.25, -0.2) is 4.98 Å². The van der Waals surface area contributed by atoms with Crippen LogP contribution in [0.25, 0.3) is 0 Å². The highest BCUT2D eigenvalue weighted by atomic mass is 16.5. The maximum atomic E-state index is 4.90. The SMILES string of the molecule is COCCNCc1nc[nH]c1C. The van der Waals surface area contributed by atoms with Crippen molar-refractivity contribution in [3.63, 3.8) is 0 Å². The normalized spacial score (nSPS) is 10.5. The molecule has 0 spiro atoms. The van der Waals surface area contributed by atoms with Crippen LogP contribution < -0.4 is 5.32 Å². The molecule has 0 aliphatic carbocycles. The minimum absolute atomic E-state index is 0.740. The van der Waals surface area contributed by atoms with Crippen LogP contribution in [0.15, 0.2) is 6.33 Å². The molecule has 0 saturated heterocycles. The van der Waals surface area contributed by atoms with Gasteiger partial charge in [0.2, 0.25) is 0 Å². The Hall–Kier alpha value is -0.870. The van der Waals surface area contributed by atoms with Gasteiger partial charge in [0.15, 0.2) is 0 Å². The second kappa shape index (κ2) is 4.90. The molecular weight excluding hydrogens is 154 g/mol. The molecule has 0 fully saturated rings. The molecule has 68 valence electrons. The lowest BCUT2D eigenvalue weighted by atomic mass is 10.3. The first-order valence-electron chi connectivity index (χ1n) is 4.03. The number of hydrogen-bond acceptors (Lipinski definition) is 3. The Morgan fingerprint density at radius 1 is 1.67 bits per heavy atom. The molecule has 4 nitrogen and oxygen atoms in total. The average molecular weight is 169 g/mol. The molecule has 0 radical (unpaired) electrons. The number of nitrogens with zero attached hydrogens (tertiary/aromatic N) is 1. The Kier molecular flexibility index (Phi) is 3.76.